The van der Waals surface area contributed by atoms with Crippen molar-refractivity contribution in [3.8, 4) is 0 Å². The van der Waals surface area contributed by atoms with Crippen LogP contribution >= 0.6 is 0 Å². The third kappa shape index (κ3) is 0.864. The summed E-state index contributed by atoms with van der Waals surface area (Å²) in [7, 11) is 2.33. The summed E-state index contributed by atoms with van der Waals surface area (Å²) in [6, 6.07) is 0.838. The summed E-state index contributed by atoms with van der Waals surface area (Å²) >= 11 is 0. The Labute approximate surface area is 56.0 Å². The zero-order valence-electron chi connectivity index (χ0n) is 5.97. The van der Waals surface area contributed by atoms with Crippen LogP contribution in [0.3, 0.4) is 0 Å². The average molecular weight is 128 g/mol. The molecule has 0 amide bonds. The van der Waals surface area contributed by atoms with Crippen LogP contribution in [0.2, 0.25) is 0 Å². The molecule has 2 nitrogen and oxygen atoms in total. The largest absolute Gasteiger partial charge is 0.375 e. The van der Waals surface area contributed by atoms with E-state index in [1.807, 2.05) is 0 Å². The highest BCUT2D eigenvalue weighted by Gasteiger charge is 2.46. The molecule has 0 spiro atoms. The maximum absolute atomic E-state index is 5.31. The van der Waals surface area contributed by atoms with E-state index in [4.69, 9.17) is 4.74 Å². The fraction of sp³-hybridized carbons (Fsp3) is 1.00. The van der Waals surface area contributed by atoms with Crippen molar-refractivity contribution in [1.29, 1.82) is 0 Å². The van der Waals surface area contributed by atoms with Gasteiger partial charge in [-0.15, -0.1) is 0 Å². The van der Waals surface area contributed by atoms with Gasteiger partial charge in [0.15, 0.2) is 0 Å². The Bertz CT molecular complexity index is 114. The predicted molar refractivity (Wildman–Crippen MR) is 35.1 cm³/mol. The molecule has 2 fully saturated rings. The molecule has 1 atom stereocenters. The van der Waals surface area contributed by atoms with Gasteiger partial charge in [-0.2, -0.15) is 0 Å². The highest BCUT2D eigenvalue weighted by Crippen LogP contribution is 2.27. The first kappa shape index (κ1) is 5.69. The Morgan fingerprint density at radius 2 is 2.22 bits per heavy atom. The quantitative estimate of drug-likeness (QED) is 0.363. The lowest BCUT2D eigenvalue weighted by molar-refractivity contribution is -0.804. The summed E-state index contributed by atoms with van der Waals surface area (Å²) in [5.74, 6) is 0. The smallest absolute Gasteiger partial charge is 0.129 e. The normalized spacial score (nSPS) is 39.0. The number of nitrogens with zero attached hydrogens (tertiary/aromatic N) is 1. The lowest BCUT2D eigenvalue weighted by atomic mass is 10.2. The van der Waals surface area contributed by atoms with E-state index in [-0.39, 0.29) is 0 Å². The first-order chi connectivity index (χ1) is 4.31. The summed E-state index contributed by atoms with van der Waals surface area (Å²) in [4.78, 5) is 0. The number of rotatable bonds is 1. The second kappa shape index (κ2) is 1.70. The van der Waals surface area contributed by atoms with E-state index >= 15 is 0 Å². The van der Waals surface area contributed by atoms with E-state index in [0.29, 0.717) is 0 Å². The zero-order valence-corrected chi connectivity index (χ0v) is 5.97. The molecule has 0 aromatic heterocycles. The molecule has 1 unspecified atom stereocenters. The summed E-state index contributed by atoms with van der Waals surface area (Å²) in [5, 5.41) is 0. The number of ether oxygens (including phenoxy) is 1. The van der Waals surface area contributed by atoms with E-state index in [9.17, 15) is 0 Å². The molecule has 0 aromatic carbocycles. The fourth-order valence-corrected chi connectivity index (χ4v) is 1.54. The van der Waals surface area contributed by atoms with E-state index in [1.165, 1.54) is 24.0 Å². The van der Waals surface area contributed by atoms with Crippen molar-refractivity contribution < 1.29 is 9.22 Å². The number of hydrogen-bond acceptors (Lipinski definition) is 1. The van der Waals surface area contributed by atoms with Gasteiger partial charge in [-0.25, -0.2) is 0 Å². The van der Waals surface area contributed by atoms with Crippen molar-refractivity contribution in [2.24, 2.45) is 0 Å². The Morgan fingerprint density at radius 1 is 1.44 bits per heavy atom. The van der Waals surface area contributed by atoms with Crippen molar-refractivity contribution >= 4 is 0 Å². The topological polar surface area (TPSA) is 9.23 Å². The highest BCUT2D eigenvalue weighted by atomic mass is 16.5. The molecule has 2 heterocycles. The molecule has 2 aliphatic heterocycles. The lowest BCUT2D eigenvalue weighted by Gasteiger charge is -2.17. The molecule has 2 saturated heterocycles. The molecular formula is C7H14NO+. The maximum atomic E-state index is 5.31. The first-order valence-corrected chi connectivity index (χ1v) is 3.73. The van der Waals surface area contributed by atoms with E-state index in [1.54, 1.807) is 0 Å². The van der Waals surface area contributed by atoms with E-state index < -0.39 is 0 Å². The van der Waals surface area contributed by atoms with E-state index in [0.717, 1.165) is 19.3 Å². The molecule has 9 heavy (non-hydrogen) atoms. The Morgan fingerprint density at radius 3 is 2.67 bits per heavy atom. The SMILES string of the molecule is C[N+]1(C2CCOC2)CC1. The molecule has 0 aliphatic carbocycles. The number of likely N-dealkylation sites (N-methyl/N-ethyl adjacent to an activating group) is 1. The molecule has 2 rings (SSSR count). The minimum Gasteiger partial charge on any atom is -0.375 e. The molecule has 0 saturated carbocycles. The zero-order chi connectivity index (χ0) is 6.32. The molecule has 52 valence electrons. The third-order valence-corrected chi connectivity index (χ3v) is 2.72. The molecule has 0 bridgehead atoms. The van der Waals surface area contributed by atoms with Crippen LogP contribution in [0.5, 0.6) is 0 Å². The van der Waals surface area contributed by atoms with Gasteiger partial charge in [0.25, 0.3) is 0 Å². The fourth-order valence-electron chi connectivity index (χ4n) is 1.54. The van der Waals surface area contributed by atoms with Gasteiger partial charge in [-0.3, -0.25) is 0 Å². The Kier molecular flexibility index (Phi) is 1.08. The monoisotopic (exact) mass is 128 g/mol. The molecule has 0 aromatic rings. The number of hydrogen-bond donors (Lipinski definition) is 0. The highest BCUT2D eigenvalue weighted by molar-refractivity contribution is 4.69. The van der Waals surface area contributed by atoms with Crippen LogP contribution in [0.15, 0.2) is 0 Å². The minimum absolute atomic E-state index is 0.838. The van der Waals surface area contributed by atoms with Gasteiger partial charge >= 0.3 is 0 Å². The van der Waals surface area contributed by atoms with Crippen molar-refractivity contribution in [2.75, 3.05) is 33.4 Å². The Hall–Kier alpha value is -0.0800. The third-order valence-electron chi connectivity index (χ3n) is 2.72. The van der Waals surface area contributed by atoms with Crippen LogP contribution in [0.4, 0.5) is 0 Å². The molecule has 0 N–H and O–H groups in total. The van der Waals surface area contributed by atoms with Gasteiger partial charge in [0.2, 0.25) is 0 Å². The lowest BCUT2D eigenvalue weighted by Crippen LogP contribution is -2.34. The van der Waals surface area contributed by atoms with Crippen LogP contribution in [0, 0.1) is 0 Å². The maximum Gasteiger partial charge on any atom is 0.129 e. The van der Waals surface area contributed by atoms with Crippen molar-refractivity contribution in [3.05, 3.63) is 0 Å². The molecular weight excluding hydrogens is 114 g/mol. The van der Waals surface area contributed by atoms with E-state index in [2.05, 4.69) is 7.05 Å². The predicted octanol–water partition coefficient (Wildman–Crippen LogP) is 0.236. The van der Waals surface area contributed by atoms with Gasteiger partial charge in [0, 0.05) is 6.42 Å². The van der Waals surface area contributed by atoms with Crippen LogP contribution in [-0.2, 0) is 4.74 Å². The molecule has 2 aliphatic rings. The second-order valence-electron chi connectivity index (χ2n) is 3.44. The van der Waals surface area contributed by atoms with Crippen molar-refractivity contribution in [3.63, 3.8) is 0 Å². The number of quaternary nitrogens is 1. The van der Waals surface area contributed by atoms with Crippen molar-refractivity contribution in [2.45, 2.75) is 12.5 Å². The van der Waals surface area contributed by atoms with Gasteiger partial charge in [-0.1, -0.05) is 0 Å². The summed E-state index contributed by atoms with van der Waals surface area (Å²) < 4.78 is 6.60. The summed E-state index contributed by atoms with van der Waals surface area (Å²) in [6.45, 7) is 4.77. The summed E-state index contributed by atoms with van der Waals surface area (Å²) in [5.41, 5.74) is 0. The van der Waals surface area contributed by atoms with Gasteiger partial charge in [0.05, 0.1) is 20.3 Å². The van der Waals surface area contributed by atoms with Crippen molar-refractivity contribution in [1.82, 2.24) is 0 Å². The molecule has 0 radical (unpaired) electrons. The standard InChI is InChI=1S/C7H14NO/c1-8(3-4-8)7-2-5-9-6-7/h7H,2-6H2,1H3/q+1. The first-order valence-electron chi connectivity index (χ1n) is 3.73. The minimum atomic E-state index is 0.838. The second-order valence-corrected chi connectivity index (χ2v) is 3.44. The van der Waals surface area contributed by atoms with Crippen LogP contribution in [-0.4, -0.2) is 43.9 Å². The summed E-state index contributed by atoms with van der Waals surface area (Å²) in [6.07, 6.45) is 1.29. The van der Waals surface area contributed by atoms with Crippen LogP contribution in [0.25, 0.3) is 0 Å². The van der Waals surface area contributed by atoms with Gasteiger partial charge in [0.1, 0.15) is 19.1 Å². The van der Waals surface area contributed by atoms with Gasteiger partial charge in [-0.05, 0) is 0 Å². The van der Waals surface area contributed by atoms with Crippen LogP contribution < -0.4 is 0 Å². The van der Waals surface area contributed by atoms with Gasteiger partial charge < -0.3 is 9.22 Å². The van der Waals surface area contributed by atoms with Crippen LogP contribution in [0.1, 0.15) is 6.42 Å². The Balaban J connectivity index is 1.97. The average Bonchev–Trinajstić information content (AvgIpc) is 2.46. The molecule has 2 heteroatoms.